The van der Waals surface area contributed by atoms with E-state index in [4.69, 9.17) is 11.5 Å². The number of carboxylic acids is 1. The largest absolute Gasteiger partial charge is 0.479 e. The van der Waals surface area contributed by atoms with Gasteiger partial charge in [0.25, 0.3) is 0 Å². The van der Waals surface area contributed by atoms with Crippen LogP contribution in [-0.2, 0) is 9.59 Å². The van der Waals surface area contributed by atoms with Crippen LogP contribution < -0.4 is 5.32 Å². The maximum absolute atomic E-state index is 10.2. The molecule has 0 aliphatic rings. The van der Waals surface area contributed by atoms with Crippen molar-refractivity contribution < 1.29 is 14.7 Å². The Kier molecular flexibility index (Phi) is 2.98. The molecule has 1 atom stereocenters. The number of carbonyl (C=O) groups excluding carboxylic acids is 1. The summed E-state index contributed by atoms with van der Waals surface area (Å²) in [5.74, 6) is 0.224. The number of rotatable bonds is 2. The molecule has 2 N–H and O–H groups in total. The summed E-state index contributed by atoms with van der Waals surface area (Å²) in [6.45, 7) is 1.20. The molecule has 0 unspecified atom stereocenters. The van der Waals surface area contributed by atoms with Crippen LogP contribution >= 0.6 is 0 Å². The standard InChI is InChI=1S/C6H7NO3/c1-3-5(6(9)10)7-4(2)8/h1,5H,2H3,(H,7,8)(H,9,10)/t5-/m0/s1. The lowest BCUT2D eigenvalue weighted by molar-refractivity contribution is -0.139. The monoisotopic (exact) mass is 141 g/mol. The van der Waals surface area contributed by atoms with Crippen LogP contribution in [-0.4, -0.2) is 23.0 Å². The molecule has 0 heterocycles. The molecule has 0 aromatic heterocycles. The Morgan fingerprint density at radius 2 is 2.20 bits per heavy atom. The number of terminal acetylenes is 1. The molecule has 0 saturated heterocycles. The molecule has 0 saturated carbocycles. The van der Waals surface area contributed by atoms with Crippen molar-refractivity contribution in [2.45, 2.75) is 13.0 Å². The highest BCUT2D eigenvalue weighted by molar-refractivity contribution is 5.84. The summed E-state index contributed by atoms with van der Waals surface area (Å²) < 4.78 is 0. The van der Waals surface area contributed by atoms with Crippen molar-refractivity contribution in [1.29, 1.82) is 0 Å². The summed E-state index contributed by atoms with van der Waals surface area (Å²) in [6, 6.07) is -1.21. The maximum atomic E-state index is 10.2. The minimum absolute atomic E-state index is 0.453. The van der Waals surface area contributed by atoms with E-state index in [1.165, 1.54) is 6.92 Å². The number of amides is 1. The van der Waals surface area contributed by atoms with Crippen LogP contribution in [0.4, 0.5) is 0 Å². The third-order valence-electron chi connectivity index (χ3n) is 0.761. The number of aliphatic carboxylic acids is 1. The summed E-state index contributed by atoms with van der Waals surface area (Å²) >= 11 is 0. The van der Waals surface area contributed by atoms with E-state index in [2.05, 4.69) is 5.32 Å². The molecule has 0 aliphatic heterocycles. The van der Waals surface area contributed by atoms with Gasteiger partial charge < -0.3 is 10.4 Å². The second kappa shape index (κ2) is 3.51. The van der Waals surface area contributed by atoms with Crippen molar-refractivity contribution in [1.82, 2.24) is 5.32 Å². The highest BCUT2D eigenvalue weighted by Gasteiger charge is 2.13. The molecule has 0 bridgehead atoms. The van der Waals surface area contributed by atoms with Gasteiger partial charge in [0, 0.05) is 6.92 Å². The Bertz CT molecular complexity index is 192. The van der Waals surface area contributed by atoms with Crippen LogP contribution in [0, 0.1) is 12.3 Å². The first-order chi connectivity index (χ1) is 4.57. The van der Waals surface area contributed by atoms with Gasteiger partial charge in [-0.3, -0.25) is 4.79 Å². The normalized spacial score (nSPS) is 11.2. The Labute approximate surface area is 58.2 Å². The van der Waals surface area contributed by atoms with Crippen molar-refractivity contribution in [2.24, 2.45) is 0 Å². The SMILES string of the molecule is C#C[C@H](NC(C)=O)C(=O)O. The number of hydrogen-bond donors (Lipinski definition) is 2. The van der Waals surface area contributed by atoms with Crippen LogP contribution in [0.15, 0.2) is 0 Å². The van der Waals surface area contributed by atoms with Gasteiger partial charge in [0.2, 0.25) is 5.91 Å². The van der Waals surface area contributed by atoms with Gasteiger partial charge in [-0.05, 0) is 0 Å². The summed E-state index contributed by atoms with van der Waals surface area (Å²) in [5, 5.41) is 10.3. The average molecular weight is 141 g/mol. The van der Waals surface area contributed by atoms with E-state index in [0.29, 0.717) is 0 Å². The Morgan fingerprint density at radius 1 is 1.70 bits per heavy atom. The van der Waals surface area contributed by atoms with Crippen LogP contribution in [0.5, 0.6) is 0 Å². The topological polar surface area (TPSA) is 66.4 Å². The second-order valence-electron chi connectivity index (χ2n) is 1.64. The van der Waals surface area contributed by atoms with E-state index in [9.17, 15) is 9.59 Å². The lowest BCUT2D eigenvalue weighted by Gasteiger charge is -2.03. The predicted molar refractivity (Wildman–Crippen MR) is 34.1 cm³/mol. The van der Waals surface area contributed by atoms with E-state index in [0.717, 1.165) is 0 Å². The molecule has 4 nitrogen and oxygen atoms in total. The van der Waals surface area contributed by atoms with Gasteiger partial charge in [-0.1, -0.05) is 5.92 Å². The molecule has 0 aromatic carbocycles. The summed E-state index contributed by atoms with van der Waals surface area (Å²) in [6.07, 6.45) is 4.78. The molecule has 4 heteroatoms. The summed E-state index contributed by atoms with van der Waals surface area (Å²) in [5.41, 5.74) is 0. The first-order valence-corrected chi connectivity index (χ1v) is 2.54. The molecular formula is C6H7NO3. The molecule has 0 radical (unpaired) electrons. The lowest BCUT2D eigenvalue weighted by atomic mass is 10.3. The van der Waals surface area contributed by atoms with E-state index >= 15 is 0 Å². The fourth-order valence-electron chi connectivity index (χ4n) is 0.378. The van der Waals surface area contributed by atoms with Gasteiger partial charge in [0.05, 0.1) is 0 Å². The van der Waals surface area contributed by atoms with Crippen molar-refractivity contribution in [2.75, 3.05) is 0 Å². The van der Waals surface area contributed by atoms with E-state index in [1.54, 1.807) is 0 Å². The third kappa shape index (κ3) is 2.72. The number of nitrogens with one attached hydrogen (secondary N) is 1. The molecule has 0 spiro atoms. The minimum atomic E-state index is -1.22. The second-order valence-corrected chi connectivity index (χ2v) is 1.64. The lowest BCUT2D eigenvalue weighted by Crippen LogP contribution is -2.38. The Hall–Kier alpha value is -1.50. The van der Waals surface area contributed by atoms with Gasteiger partial charge >= 0.3 is 5.97 Å². The zero-order valence-electron chi connectivity index (χ0n) is 5.42. The molecule has 0 fully saturated rings. The Balaban J connectivity index is 4.00. The minimum Gasteiger partial charge on any atom is -0.479 e. The molecule has 1 amide bonds. The molecule has 0 aliphatic carbocycles. The van der Waals surface area contributed by atoms with Gasteiger partial charge in [0.1, 0.15) is 0 Å². The number of carbonyl (C=O) groups is 2. The van der Waals surface area contributed by atoms with E-state index < -0.39 is 17.9 Å². The highest BCUT2D eigenvalue weighted by atomic mass is 16.4. The van der Waals surface area contributed by atoms with Crippen molar-refractivity contribution in [3.05, 3.63) is 0 Å². The first-order valence-electron chi connectivity index (χ1n) is 2.54. The fraction of sp³-hybridized carbons (Fsp3) is 0.333. The van der Waals surface area contributed by atoms with Crippen LogP contribution in [0.1, 0.15) is 6.92 Å². The zero-order valence-corrected chi connectivity index (χ0v) is 5.42. The number of carboxylic acid groups (broad SMARTS) is 1. The molecule has 54 valence electrons. The fourth-order valence-corrected chi connectivity index (χ4v) is 0.378. The van der Waals surface area contributed by atoms with Gasteiger partial charge in [-0.15, -0.1) is 6.42 Å². The van der Waals surface area contributed by atoms with Gasteiger partial charge in [-0.25, -0.2) is 4.79 Å². The van der Waals surface area contributed by atoms with E-state index in [1.807, 2.05) is 5.92 Å². The quantitative estimate of drug-likeness (QED) is 0.495. The van der Waals surface area contributed by atoms with Crippen molar-refractivity contribution in [3.63, 3.8) is 0 Å². The predicted octanol–water partition coefficient (Wildman–Crippen LogP) is -0.791. The smallest absolute Gasteiger partial charge is 0.338 e. The summed E-state index contributed by atoms with van der Waals surface area (Å²) in [4.78, 5) is 20.4. The summed E-state index contributed by atoms with van der Waals surface area (Å²) in [7, 11) is 0. The zero-order chi connectivity index (χ0) is 8.15. The van der Waals surface area contributed by atoms with Crippen LogP contribution in [0.25, 0.3) is 0 Å². The average Bonchev–Trinajstić information content (AvgIpc) is 1.81. The Morgan fingerprint density at radius 3 is 2.30 bits per heavy atom. The van der Waals surface area contributed by atoms with Gasteiger partial charge in [-0.2, -0.15) is 0 Å². The highest BCUT2D eigenvalue weighted by Crippen LogP contribution is 1.79. The number of hydrogen-bond acceptors (Lipinski definition) is 2. The maximum Gasteiger partial charge on any atom is 0.338 e. The molecular weight excluding hydrogens is 134 g/mol. The molecule has 10 heavy (non-hydrogen) atoms. The molecule has 0 rings (SSSR count). The van der Waals surface area contributed by atoms with Gasteiger partial charge in [0.15, 0.2) is 6.04 Å². The first kappa shape index (κ1) is 8.50. The third-order valence-corrected chi connectivity index (χ3v) is 0.761. The van der Waals surface area contributed by atoms with Crippen LogP contribution in [0.3, 0.4) is 0 Å². The molecule has 0 aromatic rings. The van der Waals surface area contributed by atoms with Crippen molar-refractivity contribution in [3.8, 4) is 12.3 Å². The van der Waals surface area contributed by atoms with E-state index in [-0.39, 0.29) is 0 Å². The van der Waals surface area contributed by atoms with Crippen LogP contribution in [0.2, 0.25) is 0 Å². The van der Waals surface area contributed by atoms with Crippen molar-refractivity contribution >= 4 is 11.9 Å².